The number of fused-ring (bicyclic) bond motifs is 1. The van der Waals surface area contributed by atoms with Gasteiger partial charge in [0.25, 0.3) is 0 Å². The minimum Gasteiger partial charge on any atom is -0.481 e. The number of aromatic nitrogens is 1. The largest absolute Gasteiger partial charge is 0.481 e. The first kappa shape index (κ1) is 8.04. The van der Waals surface area contributed by atoms with Crippen molar-refractivity contribution in [3.63, 3.8) is 0 Å². The number of carbonyl (C=O) groups excluding carboxylic acids is 1. The molecule has 2 N–H and O–H groups in total. The summed E-state index contributed by atoms with van der Waals surface area (Å²) in [5.74, 6) is -1.53. The number of aromatic amines is 1. The Balaban J connectivity index is 2.34. The van der Waals surface area contributed by atoms with E-state index < -0.39 is 11.9 Å². The molecule has 0 aromatic carbocycles. The second-order valence-corrected chi connectivity index (χ2v) is 3.24. The minimum atomic E-state index is -0.895. The first-order valence-corrected chi connectivity index (χ1v) is 4.10. The SMILES string of the molecule is O=C1CC(C(=O)O)Cc2[nH]ccc21. The van der Waals surface area contributed by atoms with Crippen LogP contribution in [-0.4, -0.2) is 21.8 Å². The van der Waals surface area contributed by atoms with Gasteiger partial charge in [-0.2, -0.15) is 0 Å². The van der Waals surface area contributed by atoms with Gasteiger partial charge in [-0.25, -0.2) is 0 Å². The molecule has 0 saturated heterocycles. The Morgan fingerprint density at radius 1 is 1.54 bits per heavy atom. The zero-order chi connectivity index (χ0) is 9.42. The van der Waals surface area contributed by atoms with Crippen LogP contribution in [0.1, 0.15) is 22.5 Å². The minimum absolute atomic E-state index is 0.0742. The lowest BCUT2D eigenvalue weighted by Gasteiger charge is -2.16. The van der Waals surface area contributed by atoms with E-state index in [4.69, 9.17) is 5.11 Å². The molecule has 0 saturated carbocycles. The first-order valence-electron chi connectivity index (χ1n) is 4.10. The van der Waals surface area contributed by atoms with Gasteiger partial charge in [0.05, 0.1) is 5.92 Å². The highest BCUT2D eigenvalue weighted by Crippen LogP contribution is 2.24. The van der Waals surface area contributed by atoms with Crippen molar-refractivity contribution in [3.8, 4) is 0 Å². The van der Waals surface area contributed by atoms with E-state index in [0.717, 1.165) is 5.69 Å². The predicted octanol–water partition coefficient (Wildman–Crippen LogP) is 0.844. The molecule has 2 rings (SSSR count). The molecule has 68 valence electrons. The summed E-state index contributed by atoms with van der Waals surface area (Å²) < 4.78 is 0. The average Bonchev–Trinajstić information content (AvgIpc) is 2.51. The molecule has 0 aliphatic heterocycles. The van der Waals surface area contributed by atoms with Gasteiger partial charge < -0.3 is 10.1 Å². The van der Waals surface area contributed by atoms with Crippen molar-refractivity contribution in [1.29, 1.82) is 0 Å². The van der Waals surface area contributed by atoms with Gasteiger partial charge in [-0.15, -0.1) is 0 Å². The number of aliphatic carboxylic acids is 1. The molecule has 0 spiro atoms. The Hall–Kier alpha value is -1.58. The van der Waals surface area contributed by atoms with Crippen molar-refractivity contribution in [2.75, 3.05) is 0 Å². The average molecular weight is 179 g/mol. The van der Waals surface area contributed by atoms with Crippen molar-refractivity contribution >= 4 is 11.8 Å². The molecule has 0 amide bonds. The number of hydrogen-bond donors (Lipinski definition) is 2. The second kappa shape index (κ2) is 2.73. The highest BCUT2D eigenvalue weighted by molar-refractivity contribution is 6.00. The van der Waals surface area contributed by atoms with Crippen LogP contribution in [-0.2, 0) is 11.2 Å². The summed E-state index contributed by atoms with van der Waals surface area (Å²) in [6.07, 6.45) is 2.23. The molecule has 1 aliphatic rings. The molecule has 4 heteroatoms. The number of carboxylic acids is 1. The van der Waals surface area contributed by atoms with Crippen molar-refractivity contribution in [3.05, 3.63) is 23.5 Å². The molecule has 0 radical (unpaired) electrons. The van der Waals surface area contributed by atoms with Gasteiger partial charge in [-0.05, 0) is 6.07 Å². The number of Topliss-reactive ketones (excluding diaryl/α,β-unsaturated/α-hetero) is 1. The van der Waals surface area contributed by atoms with Crippen LogP contribution in [0.25, 0.3) is 0 Å². The van der Waals surface area contributed by atoms with Crippen LogP contribution >= 0.6 is 0 Å². The van der Waals surface area contributed by atoms with Crippen molar-refractivity contribution in [2.24, 2.45) is 5.92 Å². The van der Waals surface area contributed by atoms with E-state index in [9.17, 15) is 9.59 Å². The Kier molecular flexibility index (Phi) is 1.69. The highest BCUT2D eigenvalue weighted by Gasteiger charge is 2.30. The number of rotatable bonds is 1. The summed E-state index contributed by atoms with van der Waals surface area (Å²) in [4.78, 5) is 24.9. The third-order valence-electron chi connectivity index (χ3n) is 2.36. The number of hydrogen-bond acceptors (Lipinski definition) is 2. The fourth-order valence-corrected chi connectivity index (χ4v) is 1.66. The smallest absolute Gasteiger partial charge is 0.307 e. The van der Waals surface area contributed by atoms with Gasteiger partial charge in [0.15, 0.2) is 5.78 Å². The van der Waals surface area contributed by atoms with Crippen LogP contribution < -0.4 is 0 Å². The van der Waals surface area contributed by atoms with Crippen LogP contribution in [0.5, 0.6) is 0 Å². The molecule has 1 unspecified atom stereocenters. The number of ketones is 1. The van der Waals surface area contributed by atoms with Gasteiger partial charge in [-0.1, -0.05) is 0 Å². The monoisotopic (exact) mass is 179 g/mol. The maximum Gasteiger partial charge on any atom is 0.307 e. The Bertz CT molecular complexity index is 367. The first-order chi connectivity index (χ1) is 6.18. The molecule has 0 bridgehead atoms. The van der Waals surface area contributed by atoms with Crippen LogP contribution in [0.15, 0.2) is 12.3 Å². The molecule has 1 heterocycles. The topological polar surface area (TPSA) is 70.2 Å². The maximum absolute atomic E-state index is 11.4. The second-order valence-electron chi connectivity index (χ2n) is 3.24. The Morgan fingerprint density at radius 3 is 3.00 bits per heavy atom. The van der Waals surface area contributed by atoms with Gasteiger partial charge >= 0.3 is 5.97 Å². The zero-order valence-electron chi connectivity index (χ0n) is 6.91. The molecule has 13 heavy (non-hydrogen) atoms. The van der Waals surface area contributed by atoms with Gasteiger partial charge in [-0.3, -0.25) is 9.59 Å². The lowest BCUT2D eigenvalue weighted by molar-refractivity contribution is -0.141. The molecule has 0 fully saturated rings. The third kappa shape index (κ3) is 1.24. The third-order valence-corrected chi connectivity index (χ3v) is 2.36. The lowest BCUT2D eigenvalue weighted by Crippen LogP contribution is -2.25. The Morgan fingerprint density at radius 2 is 2.31 bits per heavy atom. The predicted molar refractivity (Wildman–Crippen MR) is 44.6 cm³/mol. The van der Waals surface area contributed by atoms with E-state index in [1.807, 2.05) is 0 Å². The summed E-state index contributed by atoms with van der Waals surface area (Å²) in [6, 6.07) is 1.70. The standard InChI is InChI=1S/C9H9NO3/c11-8-4-5(9(12)13)3-7-6(8)1-2-10-7/h1-2,5,10H,3-4H2,(H,12,13). The van der Waals surface area contributed by atoms with Crippen molar-refractivity contribution in [1.82, 2.24) is 4.98 Å². The zero-order valence-corrected chi connectivity index (χ0v) is 6.91. The van der Waals surface area contributed by atoms with E-state index in [2.05, 4.69) is 4.98 Å². The van der Waals surface area contributed by atoms with Gasteiger partial charge in [0.2, 0.25) is 0 Å². The number of carbonyl (C=O) groups is 2. The number of H-pyrrole nitrogens is 1. The summed E-state index contributed by atoms with van der Waals surface area (Å²) in [5.41, 5.74) is 1.40. The molecule has 4 nitrogen and oxygen atoms in total. The highest BCUT2D eigenvalue weighted by atomic mass is 16.4. The molecule has 1 atom stereocenters. The van der Waals surface area contributed by atoms with Crippen LogP contribution in [0.3, 0.4) is 0 Å². The molecule has 1 aliphatic carbocycles. The lowest BCUT2D eigenvalue weighted by atomic mass is 9.87. The number of nitrogens with one attached hydrogen (secondary N) is 1. The molecule has 1 aromatic heterocycles. The quantitative estimate of drug-likeness (QED) is 0.671. The summed E-state index contributed by atoms with van der Waals surface area (Å²) in [6.45, 7) is 0. The fraction of sp³-hybridized carbons (Fsp3) is 0.333. The van der Waals surface area contributed by atoms with Gasteiger partial charge in [0, 0.05) is 30.3 Å². The van der Waals surface area contributed by atoms with Crippen molar-refractivity contribution < 1.29 is 14.7 Å². The summed E-state index contributed by atoms with van der Waals surface area (Å²) >= 11 is 0. The van der Waals surface area contributed by atoms with Crippen LogP contribution in [0.2, 0.25) is 0 Å². The normalized spacial score (nSPS) is 21.2. The summed E-state index contributed by atoms with van der Waals surface area (Å²) in [7, 11) is 0. The Labute approximate surface area is 74.6 Å². The number of carboxylic acid groups (broad SMARTS) is 1. The van der Waals surface area contributed by atoms with Crippen LogP contribution in [0.4, 0.5) is 0 Å². The fourth-order valence-electron chi connectivity index (χ4n) is 1.66. The summed E-state index contributed by atoms with van der Waals surface area (Å²) in [5, 5.41) is 8.75. The molecular formula is C9H9NO3. The van der Waals surface area contributed by atoms with E-state index in [-0.39, 0.29) is 12.2 Å². The molecular weight excluding hydrogens is 170 g/mol. The van der Waals surface area contributed by atoms with E-state index in [0.29, 0.717) is 12.0 Å². The van der Waals surface area contributed by atoms with Crippen LogP contribution in [0, 0.1) is 5.92 Å². The van der Waals surface area contributed by atoms with E-state index in [1.54, 1.807) is 12.3 Å². The molecule has 1 aromatic rings. The van der Waals surface area contributed by atoms with Gasteiger partial charge in [0.1, 0.15) is 0 Å². The van der Waals surface area contributed by atoms with E-state index >= 15 is 0 Å². The maximum atomic E-state index is 11.4. The van der Waals surface area contributed by atoms with E-state index in [1.165, 1.54) is 0 Å². The van der Waals surface area contributed by atoms with Crippen molar-refractivity contribution in [2.45, 2.75) is 12.8 Å².